The summed E-state index contributed by atoms with van der Waals surface area (Å²) < 4.78 is 29.3. The lowest BCUT2D eigenvalue weighted by atomic mass is 9.95. The van der Waals surface area contributed by atoms with Gasteiger partial charge in [0.1, 0.15) is 6.61 Å². The summed E-state index contributed by atoms with van der Waals surface area (Å²) in [6, 6.07) is 7.49. The Kier molecular flexibility index (Phi) is 10.9. The van der Waals surface area contributed by atoms with Crippen LogP contribution in [-0.2, 0) is 19.1 Å². The number of methoxy groups -OCH3 is 1. The molecule has 0 bridgehead atoms. The number of allylic oxidation sites excluding steroid dienone is 1. The Hall–Kier alpha value is -4.05. The van der Waals surface area contributed by atoms with E-state index >= 15 is 0 Å². The maximum atomic E-state index is 14.0. The van der Waals surface area contributed by atoms with Crippen LogP contribution in [0.5, 0.6) is 17.2 Å². The van der Waals surface area contributed by atoms with E-state index in [0.717, 1.165) is 0 Å². The number of fused-ring (bicyclic) bond motifs is 1. The van der Waals surface area contributed by atoms with Gasteiger partial charge < -0.3 is 23.7 Å². The molecule has 0 saturated heterocycles. The van der Waals surface area contributed by atoms with Crippen LogP contribution in [0.15, 0.2) is 55.9 Å². The number of carbonyl (C=O) groups is 2. The smallest absolute Gasteiger partial charge is 0.343 e. The number of rotatable bonds is 11. The topological polar surface area (TPSA) is 115 Å². The number of hydrogen-bond donors (Lipinski definition) is 0. The summed E-state index contributed by atoms with van der Waals surface area (Å²) in [5.74, 6) is 2.24. The van der Waals surface area contributed by atoms with E-state index in [0.29, 0.717) is 59.5 Å². The van der Waals surface area contributed by atoms with E-state index in [1.54, 1.807) is 57.2 Å². The maximum absolute atomic E-state index is 14.0. The van der Waals surface area contributed by atoms with Crippen LogP contribution in [0, 0.1) is 12.3 Å². The van der Waals surface area contributed by atoms with Crippen molar-refractivity contribution in [3.8, 4) is 29.6 Å². The Morgan fingerprint density at radius 1 is 1.16 bits per heavy atom. The molecule has 230 valence electrons. The zero-order valence-electron chi connectivity index (χ0n) is 24.3. The Morgan fingerprint density at radius 3 is 2.59 bits per heavy atom. The lowest BCUT2D eigenvalue weighted by Gasteiger charge is -2.25. The molecule has 0 N–H and O–H groups in total. The maximum Gasteiger partial charge on any atom is 0.343 e. The second-order valence-corrected chi connectivity index (χ2v) is 11.4. The van der Waals surface area contributed by atoms with Gasteiger partial charge in [0.05, 0.1) is 51.7 Å². The van der Waals surface area contributed by atoms with Crippen LogP contribution in [-0.4, -0.2) is 50.0 Å². The number of carbonyl (C=O) groups excluding carboxylic acids is 2. The predicted octanol–water partition coefficient (Wildman–Crippen LogP) is 4.18. The Balaban J connectivity index is 1.88. The Morgan fingerprint density at radius 2 is 1.93 bits per heavy atom. The molecule has 0 radical (unpaired) electrons. The minimum Gasteiger partial charge on any atom is -0.490 e. The van der Waals surface area contributed by atoms with E-state index in [1.807, 2.05) is 0 Å². The van der Waals surface area contributed by atoms with Crippen molar-refractivity contribution in [3.63, 3.8) is 0 Å². The van der Waals surface area contributed by atoms with Gasteiger partial charge in [0, 0.05) is 0 Å². The minimum absolute atomic E-state index is 0.0435. The first kappa shape index (κ1) is 32.9. The quantitative estimate of drug-likeness (QED) is 0.216. The van der Waals surface area contributed by atoms with Crippen LogP contribution in [0.1, 0.15) is 37.9 Å². The van der Waals surface area contributed by atoms with Crippen LogP contribution in [0.25, 0.3) is 6.08 Å². The number of ether oxygens (including phenoxy) is 5. The van der Waals surface area contributed by atoms with Gasteiger partial charge in [-0.2, -0.15) is 0 Å². The molecule has 1 atom stereocenters. The number of terminal acetylenes is 1. The molecule has 4 rings (SSSR count). The van der Waals surface area contributed by atoms with Crippen LogP contribution in [0.4, 0.5) is 0 Å². The lowest BCUT2D eigenvalue weighted by molar-refractivity contribution is -0.143. The number of aromatic nitrogens is 1. The van der Waals surface area contributed by atoms with Gasteiger partial charge in [0.2, 0.25) is 0 Å². The molecular weight excluding hydrogens is 676 g/mol. The summed E-state index contributed by atoms with van der Waals surface area (Å²) >= 11 is 11.1. The molecule has 1 aromatic heterocycles. The predicted molar refractivity (Wildman–Crippen MR) is 169 cm³/mol. The van der Waals surface area contributed by atoms with Gasteiger partial charge >= 0.3 is 11.9 Å². The van der Waals surface area contributed by atoms with Crippen molar-refractivity contribution < 1.29 is 33.3 Å². The van der Waals surface area contributed by atoms with E-state index in [1.165, 1.54) is 23.0 Å². The Labute approximate surface area is 270 Å². The average molecular weight is 704 g/mol. The molecule has 13 heteroatoms. The standard InChI is InChI=1S/C31H28BrClN2O8S/c1-6-11-42-28-20(32)12-18(13-21(28)33)14-24-29(37)35-27(26(30(38)41-8-3)17(4)34-31(35)44-24)19-9-10-22(23(15-19)40-7-2)43-16-25(36)39-5/h1,9-10,12-15,27H,7-8,11,16H2,2-5H3/b24-14-/t27-/m1/s1. The van der Waals surface area contributed by atoms with Gasteiger partial charge in [0.25, 0.3) is 5.56 Å². The van der Waals surface area contributed by atoms with Gasteiger partial charge in [-0.1, -0.05) is 34.9 Å². The molecule has 1 aliphatic rings. The first-order valence-corrected chi connectivity index (χ1v) is 15.3. The fourth-order valence-corrected chi connectivity index (χ4v) is 6.49. The monoisotopic (exact) mass is 702 g/mol. The molecule has 2 heterocycles. The number of nitrogens with zero attached hydrogens (tertiary/aromatic N) is 2. The second-order valence-electron chi connectivity index (χ2n) is 9.11. The highest BCUT2D eigenvalue weighted by molar-refractivity contribution is 9.10. The highest BCUT2D eigenvalue weighted by Gasteiger charge is 2.34. The number of benzene rings is 2. The van der Waals surface area contributed by atoms with Crippen LogP contribution in [0.3, 0.4) is 0 Å². The van der Waals surface area contributed by atoms with Crippen molar-refractivity contribution in [2.75, 3.05) is 33.5 Å². The molecule has 2 aromatic carbocycles. The fraction of sp³-hybridized carbons (Fsp3) is 0.290. The zero-order chi connectivity index (χ0) is 32.0. The van der Waals surface area contributed by atoms with Crippen LogP contribution >= 0.6 is 38.9 Å². The summed E-state index contributed by atoms with van der Waals surface area (Å²) in [5, 5.41) is 0.310. The van der Waals surface area contributed by atoms with E-state index in [-0.39, 0.29) is 31.0 Å². The van der Waals surface area contributed by atoms with Crippen LogP contribution < -0.4 is 29.1 Å². The number of thiazole rings is 1. The first-order valence-electron chi connectivity index (χ1n) is 13.3. The summed E-state index contributed by atoms with van der Waals surface area (Å²) in [7, 11) is 1.26. The minimum atomic E-state index is -0.892. The summed E-state index contributed by atoms with van der Waals surface area (Å²) in [6.45, 7) is 5.34. The second kappa shape index (κ2) is 14.6. The van der Waals surface area contributed by atoms with Gasteiger partial charge in [-0.15, -0.1) is 6.42 Å². The van der Waals surface area contributed by atoms with Gasteiger partial charge in [-0.05, 0) is 78.2 Å². The molecule has 44 heavy (non-hydrogen) atoms. The van der Waals surface area contributed by atoms with Crippen molar-refractivity contribution in [1.29, 1.82) is 0 Å². The molecule has 0 saturated carbocycles. The van der Waals surface area contributed by atoms with E-state index < -0.39 is 18.0 Å². The first-order chi connectivity index (χ1) is 21.1. The molecule has 1 aliphatic heterocycles. The normalized spacial score (nSPS) is 14.3. The highest BCUT2D eigenvalue weighted by atomic mass is 79.9. The third kappa shape index (κ3) is 7.01. The summed E-state index contributed by atoms with van der Waals surface area (Å²) in [6.07, 6.45) is 6.98. The van der Waals surface area contributed by atoms with Crippen LogP contribution in [0.2, 0.25) is 5.02 Å². The molecule has 3 aromatic rings. The number of halogens is 2. The molecule has 0 aliphatic carbocycles. The number of esters is 2. The van der Waals surface area contributed by atoms with E-state index in [9.17, 15) is 14.4 Å². The van der Waals surface area contributed by atoms with Crippen molar-refractivity contribution in [1.82, 2.24) is 4.57 Å². The molecular formula is C31H28BrClN2O8S. The van der Waals surface area contributed by atoms with Gasteiger partial charge in [-0.25, -0.2) is 14.6 Å². The summed E-state index contributed by atoms with van der Waals surface area (Å²) in [4.78, 5) is 43.9. The SMILES string of the molecule is C#CCOc1c(Cl)cc(/C=c2\sc3n(c2=O)[C@H](c2ccc(OCC(=O)OC)c(OCC)c2)C(C(=O)OCC)=C(C)N=3)cc1Br. The fourth-order valence-electron chi connectivity index (χ4n) is 4.45. The van der Waals surface area contributed by atoms with Crippen molar-refractivity contribution >= 4 is 56.9 Å². The lowest BCUT2D eigenvalue weighted by Crippen LogP contribution is -2.40. The van der Waals surface area contributed by atoms with Crippen molar-refractivity contribution in [2.24, 2.45) is 4.99 Å². The number of hydrogen-bond acceptors (Lipinski definition) is 10. The van der Waals surface area contributed by atoms with E-state index in [2.05, 4.69) is 31.6 Å². The third-order valence-corrected chi connectivity index (χ3v) is 8.14. The average Bonchev–Trinajstić information content (AvgIpc) is 3.29. The molecule has 0 spiro atoms. The molecule has 0 amide bonds. The zero-order valence-corrected chi connectivity index (χ0v) is 27.4. The van der Waals surface area contributed by atoms with E-state index in [4.69, 9.17) is 37.0 Å². The summed E-state index contributed by atoms with van der Waals surface area (Å²) in [5.41, 5.74) is 1.41. The Bertz CT molecular complexity index is 1830. The third-order valence-electron chi connectivity index (χ3n) is 6.29. The van der Waals surface area contributed by atoms with Gasteiger partial charge in [0.15, 0.2) is 28.7 Å². The van der Waals surface area contributed by atoms with Gasteiger partial charge in [-0.3, -0.25) is 9.36 Å². The largest absolute Gasteiger partial charge is 0.490 e. The van der Waals surface area contributed by atoms with Crippen molar-refractivity contribution in [3.05, 3.63) is 81.9 Å². The van der Waals surface area contributed by atoms with Crippen molar-refractivity contribution in [2.45, 2.75) is 26.8 Å². The molecule has 10 nitrogen and oxygen atoms in total. The highest BCUT2D eigenvalue weighted by Crippen LogP contribution is 2.37. The molecule has 0 fully saturated rings. The molecule has 0 unspecified atom stereocenters.